The van der Waals surface area contributed by atoms with Crippen LogP contribution in [0.5, 0.6) is 17.2 Å². The molecule has 0 spiro atoms. The van der Waals surface area contributed by atoms with E-state index in [1.807, 2.05) is 6.07 Å². The zero-order valence-electron chi connectivity index (χ0n) is 13.9. The summed E-state index contributed by atoms with van der Waals surface area (Å²) in [4.78, 5) is 12.4. The molecule has 1 N–H and O–H groups in total. The molecular weight excluding hydrogens is 356 g/mol. The highest BCUT2D eigenvalue weighted by Crippen LogP contribution is 2.40. The molecule has 26 heavy (non-hydrogen) atoms. The molecule has 132 valence electrons. The minimum Gasteiger partial charge on any atom is -0.493 e. The summed E-state index contributed by atoms with van der Waals surface area (Å²) in [5, 5.41) is 12.6. The molecule has 2 aromatic carbocycles. The van der Waals surface area contributed by atoms with Gasteiger partial charge in [0, 0.05) is 10.7 Å². The Morgan fingerprint density at radius 3 is 2.69 bits per heavy atom. The van der Waals surface area contributed by atoms with Crippen molar-refractivity contribution in [3.05, 3.63) is 52.6 Å². The minimum atomic E-state index is -0.524. The number of amides is 1. The van der Waals surface area contributed by atoms with E-state index in [0.717, 1.165) is 0 Å². The third kappa shape index (κ3) is 3.90. The third-order valence-corrected chi connectivity index (χ3v) is 3.88. The topological polar surface area (TPSA) is 80.6 Å². The molecule has 0 fully saturated rings. The summed E-state index contributed by atoms with van der Waals surface area (Å²) in [5.41, 5.74) is 1.08. The number of methoxy groups -OCH3 is 1. The molecule has 0 aromatic heterocycles. The normalized spacial score (nSPS) is 12.9. The molecule has 1 aliphatic rings. The number of hydrogen-bond acceptors (Lipinski definition) is 5. The minimum absolute atomic E-state index is 0.0568. The van der Waals surface area contributed by atoms with Crippen LogP contribution in [-0.4, -0.2) is 26.2 Å². The lowest BCUT2D eigenvalue weighted by atomic mass is 10.1. The van der Waals surface area contributed by atoms with Gasteiger partial charge in [0.25, 0.3) is 5.91 Å². The van der Waals surface area contributed by atoms with Gasteiger partial charge in [0.15, 0.2) is 11.5 Å². The van der Waals surface area contributed by atoms with Crippen molar-refractivity contribution in [1.82, 2.24) is 0 Å². The fourth-order valence-corrected chi connectivity index (χ4v) is 2.55. The van der Waals surface area contributed by atoms with Crippen molar-refractivity contribution in [2.75, 3.05) is 25.6 Å². The molecule has 0 radical (unpaired) electrons. The largest absolute Gasteiger partial charge is 0.493 e. The van der Waals surface area contributed by atoms with Crippen molar-refractivity contribution in [3.63, 3.8) is 0 Å². The summed E-state index contributed by atoms with van der Waals surface area (Å²) in [7, 11) is 1.51. The molecule has 2 aromatic rings. The van der Waals surface area contributed by atoms with Gasteiger partial charge >= 0.3 is 0 Å². The van der Waals surface area contributed by atoms with Crippen molar-refractivity contribution in [3.8, 4) is 23.3 Å². The average Bonchev–Trinajstić information content (AvgIpc) is 2.67. The Bertz CT molecular complexity index is 884. The first-order valence-electron chi connectivity index (χ1n) is 7.77. The summed E-state index contributed by atoms with van der Waals surface area (Å²) in [5.74, 6) is 0.977. The Balaban J connectivity index is 1.87. The highest BCUT2D eigenvalue weighted by atomic mass is 35.5. The zero-order valence-corrected chi connectivity index (χ0v) is 14.7. The number of anilines is 1. The summed E-state index contributed by atoms with van der Waals surface area (Å²) >= 11 is 5.82. The van der Waals surface area contributed by atoms with Gasteiger partial charge in [0.2, 0.25) is 5.75 Å². The van der Waals surface area contributed by atoms with E-state index >= 15 is 0 Å². The van der Waals surface area contributed by atoms with Gasteiger partial charge < -0.3 is 19.5 Å². The maximum atomic E-state index is 12.4. The number of benzene rings is 2. The average molecular weight is 371 g/mol. The van der Waals surface area contributed by atoms with Crippen molar-refractivity contribution >= 4 is 29.3 Å². The second-order valence-corrected chi connectivity index (χ2v) is 5.81. The Kier molecular flexibility index (Phi) is 5.30. The number of nitrogens with zero attached hydrogens (tertiary/aromatic N) is 1. The van der Waals surface area contributed by atoms with E-state index in [1.54, 1.807) is 36.4 Å². The van der Waals surface area contributed by atoms with Crippen LogP contribution in [0.25, 0.3) is 6.08 Å². The lowest BCUT2D eigenvalue weighted by Gasteiger charge is -2.21. The molecule has 0 bridgehead atoms. The number of nitrogens with one attached hydrogen (secondary N) is 1. The fraction of sp³-hybridized carbons (Fsp3) is 0.158. The van der Waals surface area contributed by atoms with Crippen molar-refractivity contribution in [2.45, 2.75) is 0 Å². The van der Waals surface area contributed by atoms with Gasteiger partial charge in [-0.15, -0.1) is 0 Å². The number of ether oxygens (including phenoxy) is 3. The standard InChI is InChI=1S/C19H15ClN2O4/c1-24-16-9-12(10-17-18(16)26-7-6-25-17)8-13(11-21)19(23)22-15-4-2-14(20)3-5-15/h2-5,8-10H,6-7H2,1H3,(H,22,23)/b13-8+. The van der Waals surface area contributed by atoms with Crippen LogP contribution in [0, 0.1) is 11.3 Å². The van der Waals surface area contributed by atoms with Crippen LogP contribution in [0.3, 0.4) is 0 Å². The van der Waals surface area contributed by atoms with Gasteiger partial charge in [-0.05, 0) is 48.0 Å². The molecule has 3 rings (SSSR count). The summed E-state index contributed by atoms with van der Waals surface area (Å²) in [6, 6.07) is 11.9. The highest BCUT2D eigenvalue weighted by molar-refractivity contribution is 6.30. The van der Waals surface area contributed by atoms with Gasteiger partial charge in [-0.1, -0.05) is 11.6 Å². The fourth-order valence-electron chi connectivity index (χ4n) is 2.42. The van der Waals surface area contributed by atoms with Gasteiger partial charge in [0.05, 0.1) is 7.11 Å². The quantitative estimate of drug-likeness (QED) is 0.656. The van der Waals surface area contributed by atoms with E-state index in [2.05, 4.69) is 5.32 Å². The summed E-state index contributed by atoms with van der Waals surface area (Å²) in [6.45, 7) is 0.858. The SMILES string of the molecule is COc1cc(/C=C(\C#N)C(=O)Nc2ccc(Cl)cc2)cc2c1OCCO2. The van der Waals surface area contributed by atoms with E-state index in [1.165, 1.54) is 13.2 Å². The summed E-state index contributed by atoms with van der Waals surface area (Å²) in [6.07, 6.45) is 1.46. The monoisotopic (exact) mass is 370 g/mol. The van der Waals surface area contributed by atoms with Gasteiger partial charge in [-0.3, -0.25) is 4.79 Å². The molecule has 1 heterocycles. The molecule has 0 aliphatic carbocycles. The smallest absolute Gasteiger partial charge is 0.266 e. The second kappa shape index (κ2) is 7.81. The second-order valence-electron chi connectivity index (χ2n) is 5.38. The lowest BCUT2D eigenvalue weighted by Crippen LogP contribution is -2.16. The molecule has 7 heteroatoms. The van der Waals surface area contributed by atoms with E-state index < -0.39 is 5.91 Å². The van der Waals surface area contributed by atoms with Crippen molar-refractivity contribution in [1.29, 1.82) is 5.26 Å². The third-order valence-electron chi connectivity index (χ3n) is 3.63. The number of fused-ring (bicyclic) bond motifs is 1. The Hall–Kier alpha value is -3.17. The van der Waals surface area contributed by atoms with E-state index in [0.29, 0.717) is 46.7 Å². The number of nitriles is 1. The Labute approximate surface area is 155 Å². The first kappa shape index (κ1) is 17.6. The van der Waals surface area contributed by atoms with Crippen LogP contribution in [-0.2, 0) is 4.79 Å². The molecule has 0 saturated heterocycles. The molecular formula is C19H15ClN2O4. The van der Waals surface area contributed by atoms with Crippen molar-refractivity contribution < 1.29 is 19.0 Å². The van der Waals surface area contributed by atoms with E-state index in [9.17, 15) is 10.1 Å². The van der Waals surface area contributed by atoms with Crippen LogP contribution >= 0.6 is 11.6 Å². The molecule has 0 atom stereocenters. The number of hydrogen-bond donors (Lipinski definition) is 1. The Morgan fingerprint density at radius 1 is 1.27 bits per heavy atom. The van der Waals surface area contributed by atoms with Crippen LogP contribution in [0.2, 0.25) is 5.02 Å². The zero-order chi connectivity index (χ0) is 18.5. The first-order chi connectivity index (χ1) is 12.6. The molecule has 0 unspecified atom stereocenters. The number of halogens is 1. The molecule has 0 saturated carbocycles. The first-order valence-corrected chi connectivity index (χ1v) is 8.15. The lowest BCUT2D eigenvalue weighted by molar-refractivity contribution is -0.112. The Morgan fingerprint density at radius 2 is 2.00 bits per heavy atom. The molecule has 1 aliphatic heterocycles. The van der Waals surface area contributed by atoms with Gasteiger partial charge in [-0.2, -0.15) is 5.26 Å². The van der Waals surface area contributed by atoms with Crippen LogP contribution in [0.4, 0.5) is 5.69 Å². The molecule has 1 amide bonds. The highest BCUT2D eigenvalue weighted by Gasteiger charge is 2.19. The number of carbonyl (C=O) groups excluding carboxylic acids is 1. The number of rotatable bonds is 4. The molecule has 6 nitrogen and oxygen atoms in total. The van der Waals surface area contributed by atoms with Gasteiger partial charge in [0.1, 0.15) is 24.9 Å². The van der Waals surface area contributed by atoms with Crippen molar-refractivity contribution in [2.24, 2.45) is 0 Å². The van der Waals surface area contributed by atoms with E-state index in [-0.39, 0.29) is 5.57 Å². The van der Waals surface area contributed by atoms with Crippen LogP contribution < -0.4 is 19.5 Å². The maximum Gasteiger partial charge on any atom is 0.266 e. The predicted octanol–water partition coefficient (Wildman–Crippen LogP) is 3.67. The predicted molar refractivity (Wildman–Crippen MR) is 97.7 cm³/mol. The number of carbonyl (C=O) groups is 1. The van der Waals surface area contributed by atoms with Gasteiger partial charge in [-0.25, -0.2) is 0 Å². The van der Waals surface area contributed by atoms with Crippen LogP contribution in [0.15, 0.2) is 42.0 Å². The van der Waals surface area contributed by atoms with E-state index in [4.69, 9.17) is 25.8 Å². The van der Waals surface area contributed by atoms with Crippen LogP contribution in [0.1, 0.15) is 5.56 Å². The maximum absolute atomic E-state index is 12.4. The summed E-state index contributed by atoms with van der Waals surface area (Å²) < 4.78 is 16.4.